The zero-order valence-electron chi connectivity index (χ0n) is 11.2. The molecule has 0 heterocycles. The van der Waals surface area contributed by atoms with Crippen molar-refractivity contribution < 1.29 is 9.53 Å². The van der Waals surface area contributed by atoms with Crippen LogP contribution in [0.3, 0.4) is 0 Å². The summed E-state index contributed by atoms with van der Waals surface area (Å²) in [5, 5.41) is 2.74. The van der Waals surface area contributed by atoms with Crippen molar-refractivity contribution in [3.8, 4) is 5.75 Å². The number of nitrogen functional groups attached to an aromatic ring is 1. The predicted octanol–water partition coefficient (Wildman–Crippen LogP) is 2.93. The summed E-state index contributed by atoms with van der Waals surface area (Å²) in [6.45, 7) is 0. The van der Waals surface area contributed by atoms with Gasteiger partial charge < -0.3 is 15.8 Å². The first-order chi connectivity index (χ1) is 9.67. The van der Waals surface area contributed by atoms with Gasteiger partial charge in [0.25, 0.3) is 0 Å². The summed E-state index contributed by atoms with van der Waals surface area (Å²) in [7, 11) is 1.61. The van der Waals surface area contributed by atoms with Gasteiger partial charge in [0.15, 0.2) is 0 Å². The van der Waals surface area contributed by atoms with Crippen LogP contribution in [0.4, 0.5) is 11.4 Å². The SMILES string of the molecule is COc1cccc(/C=C/C(=O)Nc2cccc(N)c2)c1. The number of nitrogens with one attached hydrogen (secondary N) is 1. The van der Waals surface area contributed by atoms with Crippen LogP contribution in [0.5, 0.6) is 5.75 Å². The Kier molecular flexibility index (Phi) is 4.39. The van der Waals surface area contributed by atoms with Crippen molar-refractivity contribution >= 4 is 23.4 Å². The van der Waals surface area contributed by atoms with E-state index in [0.717, 1.165) is 11.3 Å². The molecule has 0 unspecified atom stereocenters. The van der Waals surface area contributed by atoms with Crippen molar-refractivity contribution in [3.63, 3.8) is 0 Å². The summed E-state index contributed by atoms with van der Waals surface area (Å²) in [6, 6.07) is 14.5. The molecule has 4 nitrogen and oxygen atoms in total. The number of nitrogens with two attached hydrogens (primary N) is 1. The number of carbonyl (C=O) groups is 1. The molecule has 1 amide bonds. The molecule has 3 N–H and O–H groups in total. The Morgan fingerprint density at radius 2 is 2.00 bits per heavy atom. The zero-order chi connectivity index (χ0) is 14.4. The summed E-state index contributed by atoms with van der Waals surface area (Å²) in [5.41, 5.74) is 7.83. The highest BCUT2D eigenvalue weighted by molar-refractivity contribution is 6.02. The minimum atomic E-state index is -0.210. The van der Waals surface area contributed by atoms with Crippen LogP contribution < -0.4 is 15.8 Å². The Hall–Kier alpha value is -2.75. The lowest BCUT2D eigenvalue weighted by molar-refractivity contribution is -0.111. The van der Waals surface area contributed by atoms with Crippen molar-refractivity contribution in [1.29, 1.82) is 0 Å². The molecule has 0 aliphatic carbocycles. The fraction of sp³-hybridized carbons (Fsp3) is 0.0625. The minimum absolute atomic E-state index is 0.210. The molecule has 0 fully saturated rings. The second-order valence-corrected chi connectivity index (χ2v) is 4.22. The summed E-state index contributed by atoms with van der Waals surface area (Å²) < 4.78 is 5.12. The summed E-state index contributed by atoms with van der Waals surface area (Å²) in [5.74, 6) is 0.543. The van der Waals surface area contributed by atoms with Crippen LogP contribution in [0.25, 0.3) is 6.08 Å². The molecule has 0 saturated heterocycles. The smallest absolute Gasteiger partial charge is 0.248 e. The zero-order valence-corrected chi connectivity index (χ0v) is 11.2. The van der Waals surface area contributed by atoms with Gasteiger partial charge in [-0.3, -0.25) is 4.79 Å². The van der Waals surface area contributed by atoms with E-state index in [2.05, 4.69) is 5.32 Å². The predicted molar refractivity (Wildman–Crippen MR) is 81.5 cm³/mol. The molecular weight excluding hydrogens is 252 g/mol. The third kappa shape index (κ3) is 3.88. The monoisotopic (exact) mass is 268 g/mol. The maximum atomic E-state index is 11.8. The molecule has 0 spiro atoms. The number of rotatable bonds is 4. The van der Waals surface area contributed by atoms with E-state index in [0.29, 0.717) is 11.4 Å². The van der Waals surface area contributed by atoms with E-state index in [1.807, 2.05) is 24.3 Å². The molecule has 0 aromatic heterocycles. The molecular formula is C16H16N2O2. The van der Waals surface area contributed by atoms with Gasteiger partial charge >= 0.3 is 0 Å². The highest BCUT2D eigenvalue weighted by atomic mass is 16.5. The topological polar surface area (TPSA) is 64.3 Å². The summed E-state index contributed by atoms with van der Waals surface area (Å²) in [6.07, 6.45) is 3.20. The number of ether oxygens (including phenoxy) is 1. The molecule has 0 bridgehead atoms. The molecule has 4 heteroatoms. The van der Waals surface area contributed by atoms with Gasteiger partial charge in [-0.15, -0.1) is 0 Å². The van der Waals surface area contributed by atoms with Crippen molar-refractivity contribution in [2.75, 3.05) is 18.2 Å². The lowest BCUT2D eigenvalue weighted by Crippen LogP contribution is -2.07. The van der Waals surface area contributed by atoms with Gasteiger partial charge in [-0.2, -0.15) is 0 Å². The van der Waals surface area contributed by atoms with Gasteiger partial charge in [-0.25, -0.2) is 0 Å². The average Bonchev–Trinajstić information content (AvgIpc) is 2.45. The molecule has 0 aliphatic heterocycles. The maximum Gasteiger partial charge on any atom is 0.248 e. The largest absolute Gasteiger partial charge is 0.497 e. The van der Waals surface area contributed by atoms with Gasteiger partial charge in [-0.1, -0.05) is 18.2 Å². The first-order valence-electron chi connectivity index (χ1n) is 6.16. The Bertz CT molecular complexity index is 636. The second-order valence-electron chi connectivity index (χ2n) is 4.22. The van der Waals surface area contributed by atoms with Crippen molar-refractivity contribution in [2.24, 2.45) is 0 Å². The van der Waals surface area contributed by atoms with Gasteiger partial charge in [0, 0.05) is 17.5 Å². The van der Waals surface area contributed by atoms with Gasteiger partial charge in [0.1, 0.15) is 5.75 Å². The normalized spacial score (nSPS) is 10.4. The highest BCUT2D eigenvalue weighted by Crippen LogP contribution is 2.14. The van der Waals surface area contributed by atoms with Crippen LogP contribution in [-0.2, 0) is 4.79 Å². The highest BCUT2D eigenvalue weighted by Gasteiger charge is 1.98. The number of hydrogen-bond acceptors (Lipinski definition) is 3. The van der Waals surface area contributed by atoms with Crippen LogP contribution >= 0.6 is 0 Å². The number of methoxy groups -OCH3 is 1. The number of anilines is 2. The van der Waals surface area contributed by atoms with Crippen LogP contribution in [0, 0.1) is 0 Å². The number of carbonyl (C=O) groups excluding carboxylic acids is 1. The molecule has 102 valence electrons. The average molecular weight is 268 g/mol. The Morgan fingerprint density at radius 1 is 1.20 bits per heavy atom. The van der Waals surface area contributed by atoms with E-state index in [4.69, 9.17) is 10.5 Å². The molecule has 20 heavy (non-hydrogen) atoms. The molecule has 0 atom stereocenters. The Balaban J connectivity index is 2.02. The third-order valence-corrected chi connectivity index (χ3v) is 2.68. The molecule has 0 radical (unpaired) electrons. The first kappa shape index (κ1) is 13.7. The molecule has 0 aliphatic rings. The summed E-state index contributed by atoms with van der Waals surface area (Å²) >= 11 is 0. The van der Waals surface area contributed by atoms with Crippen molar-refractivity contribution in [2.45, 2.75) is 0 Å². The number of amides is 1. The van der Waals surface area contributed by atoms with E-state index in [9.17, 15) is 4.79 Å². The molecule has 2 aromatic carbocycles. The Labute approximate surface area is 117 Å². The standard InChI is InChI=1S/C16H16N2O2/c1-20-15-7-2-4-12(10-15)8-9-16(19)18-14-6-3-5-13(17)11-14/h2-11H,17H2,1H3,(H,18,19)/b9-8+. The van der Waals surface area contributed by atoms with Crippen molar-refractivity contribution in [1.82, 2.24) is 0 Å². The van der Waals surface area contributed by atoms with Gasteiger partial charge in [0.2, 0.25) is 5.91 Å². The molecule has 2 rings (SSSR count). The van der Waals surface area contributed by atoms with Crippen LogP contribution in [-0.4, -0.2) is 13.0 Å². The molecule has 2 aromatic rings. The minimum Gasteiger partial charge on any atom is -0.497 e. The third-order valence-electron chi connectivity index (χ3n) is 2.68. The van der Waals surface area contributed by atoms with Gasteiger partial charge in [0.05, 0.1) is 7.11 Å². The first-order valence-corrected chi connectivity index (χ1v) is 6.16. The van der Waals surface area contributed by atoms with E-state index in [1.54, 1.807) is 37.5 Å². The molecule has 0 saturated carbocycles. The summed E-state index contributed by atoms with van der Waals surface area (Å²) in [4.78, 5) is 11.8. The fourth-order valence-corrected chi connectivity index (χ4v) is 1.72. The van der Waals surface area contributed by atoms with E-state index < -0.39 is 0 Å². The van der Waals surface area contributed by atoms with Crippen LogP contribution in [0.2, 0.25) is 0 Å². The fourth-order valence-electron chi connectivity index (χ4n) is 1.72. The Morgan fingerprint density at radius 3 is 2.75 bits per heavy atom. The number of benzene rings is 2. The van der Waals surface area contributed by atoms with Crippen LogP contribution in [0.15, 0.2) is 54.6 Å². The lowest BCUT2D eigenvalue weighted by Gasteiger charge is -2.03. The van der Waals surface area contributed by atoms with E-state index in [-0.39, 0.29) is 5.91 Å². The second kappa shape index (κ2) is 6.43. The van der Waals surface area contributed by atoms with Crippen molar-refractivity contribution in [3.05, 3.63) is 60.2 Å². The van der Waals surface area contributed by atoms with E-state index in [1.165, 1.54) is 6.08 Å². The quantitative estimate of drug-likeness (QED) is 0.662. The number of hydrogen-bond donors (Lipinski definition) is 2. The van der Waals surface area contributed by atoms with E-state index >= 15 is 0 Å². The maximum absolute atomic E-state index is 11.8. The lowest BCUT2D eigenvalue weighted by atomic mass is 10.2. The van der Waals surface area contributed by atoms with Gasteiger partial charge in [-0.05, 0) is 42.0 Å². The van der Waals surface area contributed by atoms with Crippen LogP contribution in [0.1, 0.15) is 5.56 Å².